The number of ketones is 1. The van der Waals surface area contributed by atoms with Gasteiger partial charge in [0.25, 0.3) is 0 Å². The van der Waals surface area contributed by atoms with Crippen molar-refractivity contribution in [2.75, 3.05) is 13.7 Å². The molecule has 98 valence electrons. The van der Waals surface area contributed by atoms with Gasteiger partial charge >= 0.3 is 0 Å². The van der Waals surface area contributed by atoms with E-state index in [9.17, 15) is 4.79 Å². The van der Waals surface area contributed by atoms with Crippen molar-refractivity contribution in [1.29, 1.82) is 0 Å². The number of hydrogen-bond donors (Lipinski definition) is 1. The van der Waals surface area contributed by atoms with Crippen molar-refractivity contribution in [3.8, 4) is 5.75 Å². The molecule has 0 amide bonds. The molecule has 1 aromatic carbocycles. The zero-order chi connectivity index (χ0) is 13.7. The first-order chi connectivity index (χ1) is 9.27. The number of hydrogen-bond acceptors (Lipinski definition) is 4. The van der Waals surface area contributed by atoms with Crippen LogP contribution in [0.2, 0.25) is 0 Å². The van der Waals surface area contributed by atoms with E-state index < -0.39 is 0 Å². The summed E-state index contributed by atoms with van der Waals surface area (Å²) in [4.78, 5) is 16.7. The van der Waals surface area contributed by atoms with Gasteiger partial charge in [-0.25, -0.2) is 4.98 Å². The van der Waals surface area contributed by atoms with E-state index in [1.807, 2.05) is 18.2 Å². The summed E-state index contributed by atoms with van der Waals surface area (Å²) in [7, 11) is 1.53. The number of methoxy groups -OCH3 is 1. The zero-order valence-electron chi connectivity index (χ0n) is 10.8. The first kappa shape index (κ1) is 13.2. The molecule has 1 aromatic heterocycles. The lowest BCUT2D eigenvalue weighted by Gasteiger charge is -2.09. The number of ether oxygens (including phenoxy) is 1. The summed E-state index contributed by atoms with van der Waals surface area (Å²) in [5, 5.41) is 0. The second-order valence-corrected chi connectivity index (χ2v) is 4.08. The predicted octanol–water partition coefficient (Wildman–Crippen LogP) is 1.82. The van der Waals surface area contributed by atoms with E-state index in [1.54, 1.807) is 24.4 Å². The minimum Gasteiger partial charge on any atom is -0.494 e. The molecule has 0 fully saturated rings. The van der Waals surface area contributed by atoms with Gasteiger partial charge in [0.1, 0.15) is 5.75 Å². The van der Waals surface area contributed by atoms with Gasteiger partial charge in [0.05, 0.1) is 7.11 Å². The van der Waals surface area contributed by atoms with E-state index in [4.69, 9.17) is 10.5 Å². The van der Waals surface area contributed by atoms with Crippen LogP contribution in [0.15, 0.2) is 42.6 Å². The number of carbonyl (C=O) groups is 1. The SMILES string of the molecule is COc1cccnc1C(=O)c1ccccc1CCN. The summed E-state index contributed by atoms with van der Waals surface area (Å²) < 4.78 is 5.18. The molecule has 4 nitrogen and oxygen atoms in total. The molecule has 0 atom stereocenters. The van der Waals surface area contributed by atoms with Crippen LogP contribution in [-0.2, 0) is 6.42 Å². The van der Waals surface area contributed by atoms with Crippen molar-refractivity contribution in [3.63, 3.8) is 0 Å². The Kier molecular flexibility index (Phi) is 4.26. The van der Waals surface area contributed by atoms with Gasteiger partial charge in [0, 0.05) is 11.8 Å². The van der Waals surface area contributed by atoms with Crippen LogP contribution in [-0.4, -0.2) is 24.4 Å². The Morgan fingerprint density at radius 1 is 1.26 bits per heavy atom. The maximum absolute atomic E-state index is 12.5. The van der Waals surface area contributed by atoms with Gasteiger partial charge in [-0.05, 0) is 30.7 Å². The standard InChI is InChI=1S/C15H16N2O2/c1-19-13-7-4-10-17-14(13)15(18)12-6-3-2-5-11(12)8-9-16/h2-7,10H,8-9,16H2,1H3. The van der Waals surface area contributed by atoms with Crippen LogP contribution in [0, 0.1) is 0 Å². The van der Waals surface area contributed by atoms with Gasteiger partial charge in [-0.3, -0.25) is 4.79 Å². The third-order valence-electron chi connectivity index (χ3n) is 2.88. The second-order valence-electron chi connectivity index (χ2n) is 4.08. The highest BCUT2D eigenvalue weighted by molar-refractivity contribution is 6.10. The fourth-order valence-corrected chi connectivity index (χ4v) is 1.97. The first-order valence-corrected chi connectivity index (χ1v) is 6.09. The Morgan fingerprint density at radius 3 is 2.79 bits per heavy atom. The lowest BCUT2D eigenvalue weighted by Crippen LogP contribution is -2.11. The van der Waals surface area contributed by atoms with Gasteiger partial charge in [-0.2, -0.15) is 0 Å². The quantitative estimate of drug-likeness (QED) is 0.829. The van der Waals surface area contributed by atoms with Crippen molar-refractivity contribution < 1.29 is 9.53 Å². The molecule has 2 N–H and O–H groups in total. The third kappa shape index (κ3) is 2.80. The molecule has 2 rings (SSSR count). The second kappa shape index (κ2) is 6.11. The Hall–Kier alpha value is -2.20. The molecule has 1 heterocycles. The third-order valence-corrected chi connectivity index (χ3v) is 2.88. The van der Waals surface area contributed by atoms with Crippen LogP contribution in [0.4, 0.5) is 0 Å². The average Bonchev–Trinajstić information content (AvgIpc) is 2.47. The fourth-order valence-electron chi connectivity index (χ4n) is 1.97. The molecular weight excluding hydrogens is 240 g/mol. The van der Waals surface area contributed by atoms with Crippen LogP contribution in [0.1, 0.15) is 21.6 Å². The highest BCUT2D eigenvalue weighted by atomic mass is 16.5. The van der Waals surface area contributed by atoms with Gasteiger partial charge in [-0.1, -0.05) is 24.3 Å². The number of aromatic nitrogens is 1. The minimum absolute atomic E-state index is 0.137. The molecule has 0 unspecified atom stereocenters. The lowest BCUT2D eigenvalue weighted by molar-refractivity contribution is 0.103. The monoisotopic (exact) mass is 256 g/mol. The molecule has 0 saturated carbocycles. The van der Waals surface area contributed by atoms with Crippen molar-refractivity contribution in [2.24, 2.45) is 5.73 Å². The Balaban J connectivity index is 2.44. The molecule has 19 heavy (non-hydrogen) atoms. The summed E-state index contributed by atoms with van der Waals surface area (Å²) in [6.45, 7) is 0.504. The van der Waals surface area contributed by atoms with Gasteiger partial charge in [0.2, 0.25) is 5.78 Å². The van der Waals surface area contributed by atoms with Gasteiger partial charge in [0.15, 0.2) is 5.69 Å². The molecule has 0 aliphatic rings. The van der Waals surface area contributed by atoms with Crippen LogP contribution in [0.5, 0.6) is 5.75 Å². The average molecular weight is 256 g/mol. The molecule has 0 radical (unpaired) electrons. The fraction of sp³-hybridized carbons (Fsp3) is 0.200. The van der Waals surface area contributed by atoms with Crippen molar-refractivity contribution in [3.05, 3.63) is 59.4 Å². The van der Waals surface area contributed by atoms with E-state index in [1.165, 1.54) is 7.11 Å². The number of nitrogens with zero attached hydrogens (tertiary/aromatic N) is 1. The molecule has 2 aromatic rings. The van der Waals surface area contributed by atoms with E-state index in [2.05, 4.69) is 4.98 Å². The van der Waals surface area contributed by atoms with Crippen LogP contribution in [0.3, 0.4) is 0 Å². The molecule has 4 heteroatoms. The van der Waals surface area contributed by atoms with E-state index in [-0.39, 0.29) is 5.78 Å². The van der Waals surface area contributed by atoms with Gasteiger partial charge < -0.3 is 10.5 Å². The Labute approximate surface area is 112 Å². The number of carbonyl (C=O) groups excluding carboxylic acids is 1. The van der Waals surface area contributed by atoms with Crippen LogP contribution in [0.25, 0.3) is 0 Å². The first-order valence-electron chi connectivity index (χ1n) is 6.09. The maximum atomic E-state index is 12.5. The number of benzene rings is 1. The van der Waals surface area contributed by atoms with Crippen molar-refractivity contribution in [2.45, 2.75) is 6.42 Å². The maximum Gasteiger partial charge on any atom is 0.215 e. The largest absolute Gasteiger partial charge is 0.494 e. The summed E-state index contributed by atoms with van der Waals surface area (Å²) in [6, 6.07) is 10.9. The zero-order valence-corrected chi connectivity index (χ0v) is 10.8. The van der Waals surface area contributed by atoms with Crippen LogP contribution >= 0.6 is 0 Å². The normalized spacial score (nSPS) is 10.2. The summed E-state index contributed by atoms with van der Waals surface area (Å²) in [6.07, 6.45) is 2.25. The predicted molar refractivity (Wildman–Crippen MR) is 73.4 cm³/mol. The van der Waals surface area contributed by atoms with E-state index in [0.29, 0.717) is 30.0 Å². The molecule has 0 saturated heterocycles. The summed E-state index contributed by atoms with van der Waals surface area (Å²) >= 11 is 0. The summed E-state index contributed by atoms with van der Waals surface area (Å²) in [5.41, 5.74) is 7.46. The van der Waals surface area contributed by atoms with Crippen molar-refractivity contribution in [1.82, 2.24) is 4.98 Å². The number of pyridine rings is 1. The Morgan fingerprint density at radius 2 is 2.05 bits per heavy atom. The highest BCUT2D eigenvalue weighted by Crippen LogP contribution is 2.20. The highest BCUT2D eigenvalue weighted by Gasteiger charge is 2.18. The molecule has 0 spiro atoms. The number of nitrogens with two attached hydrogens (primary N) is 1. The van der Waals surface area contributed by atoms with Gasteiger partial charge in [-0.15, -0.1) is 0 Å². The lowest BCUT2D eigenvalue weighted by atomic mass is 9.99. The molecule has 0 aliphatic carbocycles. The topological polar surface area (TPSA) is 65.2 Å². The molecular formula is C15H16N2O2. The van der Waals surface area contributed by atoms with E-state index in [0.717, 1.165) is 5.56 Å². The molecule has 0 aliphatic heterocycles. The number of rotatable bonds is 5. The van der Waals surface area contributed by atoms with Crippen molar-refractivity contribution >= 4 is 5.78 Å². The van der Waals surface area contributed by atoms with Crippen LogP contribution < -0.4 is 10.5 Å². The minimum atomic E-state index is -0.137. The Bertz CT molecular complexity index is 582. The smallest absolute Gasteiger partial charge is 0.215 e. The van der Waals surface area contributed by atoms with E-state index >= 15 is 0 Å². The summed E-state index contributed by atoms with van der Waals surface area (Å²) in [5.74, 6) is 0.344. The molecule has 0 bridgehead atoms.